The van der Waals surface area contributed by atoms with Crippen molar-refractivity contribution in [3.05, 3.63) is 41.0 Å². The number of allylic oxidation sites excluding steroid dienone is 1. The summed E-state index contributed by atoms with van der Waals surface area (Å²) in [5.41, 5.74) is 3.20. The second-order valence-corrected chi connectivity index (χ2v) is 4.71. The first-order chi connectivity index (χ1) is 7.54. The number of aldehydes is 1. The molecule has 0 fully saturated rings. The molecule has 86 valence electrons. The molecule has 0 aliphatic rings. The minimum Gasteiger partial charge on any atom is -0.298 e. The normalized spacial score (nSPS) is 13.9. The molecular formula is C15H20O. The maximum Gasteiger partial charge on any atom is 0.145 e. The highest BCUT2D eigenvalue weighted by atomic mass is 16.1. The van der Waals surface area contributed by atoms with Crippen LogP contribution in [0.15, 0.2) is 29.8 Å². The molecule has 0 N–H and O–H groups in total. The van der Waals surface area contributed by atoms with Gasteiger partial charge in [0, 0.05) is 0 Å². The molecule has 0 radical (unpaired) electrons. The predicted molar refractivity (Wildman–Crippen MR) is 69.4 cm³/mol. The molecule has 0 bridgehead atoms. The largest absolute Gasteiger partial charge is 0.298 e. The lowest BCUT2D eigenvalue weighted by atomic mass is 9.90. The van der Waals surface area contributed by atoms with E-state index in [1.54, 1.807) is 0 Å². The van der Waals surface area contributed by atoms with Crippen molar-refractivity contribution in [2.75, 3.05) is 0 Å². The highest BCUT2D eigenvalue weighted by Crippen LogP contribution is 2.23. The molecule has 16 heavy (non-hydrogen) atoms. The summed E-state index contributed by atoms with van der Waals surface area (Å²) < 4.78 is 0. The van der Waals surface area contributed by atoms with Crippen molar-refractivity contribution in [2.24, 2.45) is 5.92 Å². The lowest BCUT2D eigenvalue weighted by Gasteiger charge is -2.15. The van der Waals surface area contributed by atoms with Gasteiger partial charge in [-0.15, -0.1) is 0 Å². The fourth-order valence-electron chi connectivity index (χ4n) is 1.58. The third kappa shape index (κ3) is 3.34. The van der Waals surface area contributed by atoms with E-state index in [-0.39, 0.29) is 0 Å². The average molecular weight is 216 g/mol. The van der Waals surface area contributed by atoms with Crippen LogP contribution in [0, 0.1) is 5.92 Å². The van der Waals surface area contributed by atoms with Gasteiger partial charge in [0.15, 0.2) is 0 Å². The summed E-state index contributed by atoms with van der Waals surface area (Å²) in [7, 11) is 0. The Bertz CT molecular complexity index is 371. The summed E-state index contributed by atoms with van der Waals surface area (Å²) in [6, 6.07) is 8.44. The third-order valence-electron chi connectivity index (χ3n) is 3.04. The number of carbonyl (C=O) groups excluding carboxylic acids is 1. The second kappa shape index (κ2) is 5.64. The SMILES string of the molecule is C/C(C=O)=C\c1ccc(C(C)C(C)C)cc1. The molecular weight excluding hydrogens is 196 g/mol. The maximum absolute atomic E-state index is 10.5. The van der Waals surface area contributed by atoms with Crippen molar-refractivity contribution in [1.82, 2.24) is 0 Å². The van der Waals surface area contributed by atoms with Gasteiger partial charge in [-0.25, -0.2) is 0 Å². The number of carbonyl (C=O) groups is 1. The maximum atomic E-state index is 10.5. The molecule has 1 nitrogen and oxygen atoms in total. The molecule has 0 aromatic heterocycles. The zero-order valence-electron chi connectivity index (χ0n) is 10.5. The van der Waals surface area contributed by atoms with Gasteiger partial charge < -0.3 is 0 Å². The van der Waals surface area contributed by atoms with Crippen LogP contribution in [0.1, 0.15) is 44.7 Å². The van der Waals surface area contributed by atoms with Crippen LogP contribution in [0.5, 0.6) is 0 Å². The van der Waals surface area contributed by atoms with Gasteiger partial charge in [-0.2, -0.15) is 0 Å². The van der Waals surface area contributed by atoms with Gasteiger partial charge in [0.1, 0.15) is 6.29 Å². The summed E-state index contributed by atoms with van der Waals surface area (Å²) in [6.07, 6.45) is 2.78. The van der Waals surface area contributed by atoms with Gasteiger partial charge >= 0.3 is 0 Å². The quantitative estimate of drug-likeness (QED) is 0.548. The Morgan fingerprint density at radius 3 is 2.12 bits per heavy atom. The Morgan fingerprint density at radius 1 is 1.12 bits per heavy atom. The van der Waals surface area contributed by atoms with E-state index >= 15 is 0 Å². The molecule has 1 rings (SSSR count). The van der Waals surface area contributed by atoms with Gasteiger partial charge in [0.25, 0.3) is 0 Å². The number of benzene rings is 1. The average Bonchev–Trinajstić information content (AvgIpc) is 2.28. The van der Waals surface area contributed by atoms with E-state index in [1.165, 1.54) is 5.56 Å². The Hall–Kier alpha value is -1.37. The molecule has 1 atom stereocenters. The number of rotatable bonds is 4. The van der Waals surface area contributed by atoms with Gasteiger partial charge in [-0.3, -0.25) is 4.79 Å². The molecule has 0 heterocycles. The van der Waals surface area contributed by atoms with Crippen LogP contribution < -0.4 is 0 Å². The highest BCUT2D eigenvalue weighted by molar-refractivity contribution is 5.80. The molecule has 1 aromatic rings. The topological polar surface area (TPSA) is 17.1 Å². The van der Waals surface area contributed by atoms with Gasteiger partial charge in [0.05, 0.1) is 0 Å². The Balaban J connectivity index is 2.87. The van der Waals surface area contributed by atoms with Crippen LogP contribution in [0.25, 0.3) is 6.08 Å². The van der Waals surface area contributed by atoms with Crippen LogP contribution >= 0.6 is 0 Å². The van der Waals surface area contributed by atoms with Gasteiger partial charge in [0.2, 0.25) is 0 Å². The summed E-state index contributed by atoms with van der Waals surface area (Å²) in [5, 5.41) is 0. The first-order valence-electron chi connectivity index (χ1n) is 5.78. The van der Waals surface area contributed by atoms with E-state index in [9.17, 15) is 4.79 Å². The van der Waals surface area contributed by atoms with Crippen LogP contribution in [-0.4, -0.2) is 6.29 Å². The third-order valence-corrected chi connectivity index (χ3v) is 3.04. The summed E-state index contributed by atoms with van der Waals surface area (Å²) in [4.78, 5) is 10.5. The molecule has 1 aromatic carbocycles. The summed E-state index contributed by atoms with van der Waals surface area (Å²) >= 11 is 0. The molecule has 0 saturated heterocycles. The van der Waals surface area contributed by atoms with Crippen molar-refractivity contribution in [1.29, 1.82) is 0 Å². The lowest BCUT2D eigenvalue weighted by Crippen LogP contribution is -2.01. The van der Waals surface area contributed by atoms with E-state index in [0.717, 1.165) is 17.4 Å². The van der Waals surface area contributed by atoms with Crippen molar-refractivity contribution < 1.29 is 4.79 Å². The van der Waals surface area contributed by atoms with Crippen molar-refractivity contribution >= 4 is 12.4 Å². The first kappa shape index (κ1) is 12.7. The van der Waals surface area contributed by atoms with Gasteiger partial charge in [-0.1, -0.05) is 45.0 Å². The van der Waals surface area contributed by atoms with Crippen molar-refractivity contribution in [3.8, 4) is 0 Å². The Labute approximate surface area is 98.2 Å². The molecule has 1 heteroatoms. The number of hydrogen-bond acceptors (Lipinski definition) is 1. The van der Waals surface area contributed by atoms with Crippen LogP contribution in [0.3, 0.4) is 0 Å². The molecule has 0 amide bonds. The van der Waals surface area contributed by atoms with Crippen LogP contribution in [-0.2, 0) is 4.79 Å². The van der Waals surface area contributed by atoms with Crippen molar-refractivity contribution in [3.63, 3.8) is 0 Å². The van der Waals surface area contributed by atoms with Crippen molar-refractivity contribution in [2.45, 2.75) is 33.6 Å². The molecule has 0 spiro atoms. The zero-order valence-corrected chi connectivity index (χ0v) is 10.5. The van der Waals surface area contributed by atoms with Crippen LogP contribution in [0.4, 0.5) is 0 Å². The molecule has 0 saturated carbocycles. The Morgan fingerprint density at radius 2 is 1.69 bits per heavy atom. The first-order valence-corrected chi connectivity index (χ1v) is 5.78. The van der Waals surface area contributed by atoms with E-state index in [1.807, 2.05) is 13.0 Å². The van der Waals surface area contributed by atoms with Gasteiger partial charge in [-0.05, 0) is 41.5 Å². The molecule has 0 aliphatic heterocycles. The predicted octanol–water partition coefficient (Wildman–Crippen LogP) is 4.05. The Kier molecular flexibility index (Phi) is 4.48. The zero-order chi connectivity index (χ0) is 12.1. The molecule has 0 aliphatic carbocycles. The lowest BCUT2D eigenvalue weighted by molar-refractivity contribution is -0.104. The fourth-order valence-corrected chi connectivity index (χ4v) is 1.58. The standard InChI is InChI=1S/C15H20O/c1-11(2)13(4)15-7-5-14(6-8-15)9-12(3)10-16/h5-11,13H,1-4H3/b12-9+. The minimum atomic E-state index is 0.574. The van der Waals surface area contributed by atoms with Crippen LogP contribution in [0.2, 0.25) is 0 Å². The summed E-state index contributed by atoms with van der Waals surface area (Å²) in [6.45, 7) is 8.52. The monoisotopic (exact) mass is 216 g/mol. The van der Waals surface area contributed by atoms with E-state index < -0.39 is 0 Å². The summed E-state index contributed by atoms with van der Waals surface area (Å²) in [5.74, 6) is 1.23. The van der Waals surface area contributed by atoms with E-state index in [2.05, 4.69) is 45.0 Å². The van der Waals surface area contributed by atoms with E-state index in [0.29, 0.717) is 11.8 Å². The second-order valence-electron chi connectivity index (χ2n) is 4.71. The molecule has 1 unspecified atom stereocenters. The fraction of sp³-hybridized carbons (Fsp3) is 0.400. The minimum absolute atomic E-state index is 0.574. The van der Waals surface area contributed by atoms with E-state index in [4.69, 9.17) is 0 Å². The highest BCUT2D eigenvalue weighted by Gasteiger charge is 2.08. The smallest absolute Gasteiger partial charge is 0.145 e. The number of hydrogen-bond donors (Lipinski definition) is 0.